The van der Waals surface area contributed by atoms with Crippen LogP contribution in [0, 0.1) is 5.92 Å². The zero-order valence-corrected chi connectivity index (χ0v) is 32.4. The molecule has 0 spiro atoms. The number of hydrogen-bond donors (Lipinski definition) is 1. The molecule has 1 fully saturated rings. The first-order chi connectivity index (χ1) is 25.9. The highest BCUT2D eigenvalue weighted by atomic mass is 35.5. The van der Waals surface area contributed by atoms with Crippen molar-refractivity contribution in [3.8, 4) is 5.75 Å². The van der Waals surface area contributed by atoms with Gasteiger partial charge in [0.15, 0.2) is 5.60 Å². The number of nitrogens with zero attached hydrogens (tertiary/aromatic N) is 3. The highest BCUT2D eigenvalue weighted by Gasteiger charge is 2.45. The second-order valence-electron chi connectivity index (χ2n) is 14.6. The van der Waals surface area contributed by atoms with Crippen LogP contribution in [-0.2, 0) is 27.0 Å². The Labute approximate surface area is 328 Å². The molecular formula is C37H42Cl2F8N4O5. The number of amides is 4. The van der Waals surface area contributed by atoms with Crippen molar-refractivity contribution < 1.29 is 59.0 Å². The summed E-state index contributed by atoms with van der Waals surface area (Å²) in [6.07, 6.45) is -11.7. The number of hydrogen-bond acceptors (Lipinski definition) is 5. The van der Waals surface area contributed by atoms with Crippen LogP contribution in [0.25, 0.3) is 0 Å². The molecule has 0 atom stereocenters. The maximum absolute atomic E-state index is 14.6. The van der Waals surface area contributed by atoms with E-state index in [9.17, 15) is 54.3 Å². The molecule has 1 aliphatic carbocycles. The fourth-order valence-corrected chi connectivity index (χ4v) is 7.39. The maximum atomic E-state index is 14.6. The molecule has 9 nitrogen and oxygen atoms in total. The monoisotopic (exact) mass is 844 g/mol. The molecule has 2 aromatic rings. The van der Waals surface area contributed by atoms with Gasteiger partial charge in [-0.25, -0.2) is 0 Å². The Morgan fingerprint density at radius 2 is 1.62 bits per heavy atom. The van der Waals surface area contributed by atoms with Crippen molar-refractivity contribution in [1.29, 1.82) is 0 Å². The van der Waals surface area contributed by atoms with Crippen LogP contribution in [-0.4, -0.2) is 89.9 Å². The highest BCUT2D eigenvalue weighted by Crippen LogP contribution is 2.45. The predicted molar refractivity (Wildman–Crippen MR) is 192 cm³/mol. The van der Waals surface area contributed by atoms with Crippen molar-refractivity contribution in [3.63, 3.8) is 0 Å². The van der Waals surface area contributed by atoms with Gasteiger partial charge < -0.3 is 24.8 Å². The molecule has 1 aliphatic heterocycles. The SMILES string of the molecule is CC(C)N(C(=O)c1cc2c(cc1C(F)(F)F)OC(C)(C)C(=O)N2CCNC(=O)C(F)F)[C@H]1CC[C@@H](CCN(CC(F)(F)F)C(=O)Cc2ccc(Cl)c(Cl)c2)CC1. The largest absolute Gasteiger partial charge is 0.476 e. The number of carbonyl (C=O) groups excluding carboxylic acids is 4. The van der Waals surface area contributed by atoms with Crippen LogP contribution in [0.3, 0.4) is 0 Å². The van der Waals surface area contributed by atoms with E-state index in [1.165, 1.54) is 36.9 Å². The van der Waals surface area contributed by atoms with Gasteiger partial charge in [-0.1, -0.05) is 29.3 Å². The van der Waals surface area contributed by atoms with Gasteiger partial charge in [-0.2, -0.15) is 35.1 Å². The molecule has 2 aromatic carbocycles. The lowest BCUT2D eigenvalue weighted by atomic mass is 9.82. The average molecular weight is 846 g/mol. The number of ether oxygens (including phenoxy) is 1. The molecule has 1 heterocycles. The van der Waals surface area contributed by atoms with Gasteiger partial charge in [0.05, 0.1) is 33.3 Å². The lowest BCUT2D eigenvalue weighted by Crippen LogP contribution is -2.54. The average Bonchev–Trinajstić information content (AvgIpc) is 3.08. The minimum absolute atomic E-state index is 0.149. The van der Waals surface area contributed by atoms with Crippen molar-refractivity contribution in [2.75, 3.05) is 31.1 Å². The van der Waals surface area contributed by atoms with Crippen molar-refractivity contribution in [2.45, 2.75) is 103 Å². The fraction of sp³-hybridized carbons (Fsp3) is 0.568. The summed E-state index contributed by atoms with van der Waals surface area (Å²) in [5, 5.41) is 2.32. The van der Waals surface area contributed by atoms with Crippen LogP contribution in [0.15, 0.2) is 30.3 Å². The van der Waals surface area contributed by atoms with E-state index in [4.69, 9.17) is 27.9 Å². The lowest BCUT2D eigenvalue weighted by molar-refractivity contribution is -0.161. The summed E-state index contributed by atoms with van der Waals surface area (Å²) in [7, 11) is 0. The number of halogens is 10. The molecule has 19 heteroatoms. The molecule has 4 rings (SSSR count). The van der Waals surface area contributed by atoms with E-state index in [1.807, 2.05) is 5.32 Å². The summed E-state index contributed by atoms with van der Waals surface area (Å²) in [6.45, 7) is 3.28. The zero-order chi connectivity index (χ0) is 41.9. The topological polar surface area (TPSA) is 99.3 Å². The second-order valence-corrected chi connectivity index (χ2v) is 15.5. The summed E-state index contributed by atoms with van der Waals surface area (Å²) in [6, 6.07) is 4.67. The van der Waals surface area contributed by atoms with Gasteiger partial charge in [-0.15, -0.1) is 0 Å². The van der Waals surface area contributed by atoms with E-state index in [1.54, 1.807) is 13.8 Å². The molecule has 1 saturated carbocycles. The quantitative estimate of drug-likeness (QED) is 0.205. The first kappa shape index (κ1) is 44.8. The number of fused-ring (bicyclic) bond motifs is 1. The number of carbonyl (C=O) groups is 4. The van der Waals surface area contributed by atoms with Crippen molar-refractivity contribution in [1.82, 2.24) is 15.1 Å². The van der Waals surface area contributed by atoms with Gasteiger partial charge in [-0.3, -0.25) is 19.2 Å². The minimum atomic E-state index is -5.05. The summed E-state index contributed by atoms with van der Waals surface area (Å²) >= 11 is 11.9. The van der Waals surface area contributed by atoms with Crippen LogP contribution < -0.4 is 15.0 Å². The summed E-state index contributed by atoms with van der Waals surface area (Å²) in [4.78, 5) is 55.0. The first-order valence-electron chi connectivity index (χ1n) is 17.8. The van der Waals surface area contributed by atoms with E-state index in [0.29, 0.717) is 37.3 Å². The summed E-state index contributed by atoms with van der Waals surface area (Å²) < 4.78 is 115. The van der Waals surface area contributed by atoms with Crippen molar-refractivity contribution in [2.24, 2.45) is 5.92 Å². The Morgan fingerprint density at radius 1 is 0.982 bits per heavy atom. The van der Waals surface area contributed by atoms with Crippen molar-refractivity contribution >= 4 is 52.5 Å². The minimum Gasteiger partial charge on any atom is -0.476 e. The van der Waals surface area contributed by atoms with Gasteiger partial charge >= 0.3 is 18.8 Å². The van der Waals surface area contributed by atoms with Crippen LogP contribution in [0.5, 0.6) is 5.75 Å². The van der Waals surface area contributed by atoms with E-state index in [0.717, 1.165) is 15.9 Å². The smallest absolute Gasteiger partial charge is 0.417 e. The van der Waals surface area contributed by atoms with Gasteiger partial charge in [-0.05, 0) is 95.5 Å². The van der Waals surface area contributed by atoms with Gasteiger partial charge in [0.1, 0.15) is 12.3 Å². The molecule has 0 bridgehead atoms. The summed E-state index contributed by atoms with van der Waals surface area (Å²) in [5.74, 6) is -4.65. The molecule has 56 heavy (non-hydrogen) atoms. The van der Waals surface area contributed by atoms with E-state index >= 15 is 0 Å². The van der Waals surface area contributed by atoms with E-state index in [-0.39, 0.29) is 46.8 Å². The Bertz CT molecular complexity index is 1780. The third kappa shape index (κ3) is 11.2. The number of benzene rings is 2. The predicted octanol–water partition coefficient (Wildman–Crippen LogP) is 8.33. The van der Waals surface area contributed by atoms with Gasteiger partial charge in [0.2, 0.25) is 5.91 Å². The van der Waals surface area contributed by atoms with Gasteiger partial charge in [0, 0.05) is 31.7 Å². The van der Waals surface area contributed by atoms with Crippen LogP contribution in [0.4, 0.5) is 40.8 Å². The number of nitrogens with one attached hydrogen (secondary N) is 1. The molecule has 1 N–H and O–H groups in total. The standard InChI is InChI=1S/C37H42Cl2F8N4O5/c1-20(2)51(23-8-5-21(6-9-23)11-13-49(19-36(42,43)44)30(52)16-22-7-10-26(38)27(39)15-22)33(54)24-17-28-29(18-25(24)37(45,46)47)56-35(3,4)34(55)50(28)14-12-48-32(53)31(40)41/h7,10,15,17-18,20-21,23,31H,5-6,8-9,11-14,16,19H2,1-4H3,(H,48,53)/t21-,23+. The van der Waals surface area contributed by atoms with Crippen molar-refractivity contribution in [3.05, 3.63) is 57.1 Å². The number of anilines is 1. The Hall–Kier alpha value is -3.86. The van der Waals surface area contributed by atoms with E-state index < -0.39 is 90.9 Å². The molecule has 0 radical (unpaired) electrons. The molecule has 310 valence electrons. The normalized spacial score (nSPS) is 18.4. The third-order valence-corrected chi connectivity index (χ3v) is 10.5. The fourth-order valence-electron chi connectivity index (χ4n) is 7.07. The number of alkyl halides is 8. The first-order valence-corrected chi connectivity index (χ1v) is 18.6. The maximum Gasteiger partial charge on any atom is 0.417 e. The van der Waals surface area contributed by atoms with E-state index in [2.05, 4.69) is 0 Å². The lowest BCUT2D eigenvalue weighted by Gasteiger charge is -2.41. The van der Waals surface area contributed by atoms with Crippen LogP contribution in [0.1, 0.15) is 81.3 Å². The van der Waals surface area contributed by atoms with Crippen LogP contribution in [0.2, 0.25) is 10.0 Å². The zero-order valence-electron chi connectivity index (χ0n) is 30.9. The Kier molecular flexibility index (Phi) is 14.2. The molecule has 0 saturated heterocycles. The molecule has 0 aromatic heterocycles. The highest BCUT2D eigenvalue weighted by molar-refractivity contribution is 6.42. The second kappa shape index (κ2) is 17.7. The van der Waals surface area contributed by atoms with Crippen LogP contribution >= 0.6 is 23.2 Å². The Balaban J connectivity index is 1.53. The molecule has 0 unspecified atom stereocenters. The molecular weight excluding hydrogens is 803 g/mol. The Morgan fingerprint density at radius 3 is 2.18 bits per heavy atom. The number of rotatable bonds is 13. The summed E-state index contributed by atoms with van der Waals surface area (Å²) in [5.41, 5.74) is -3.63. The van der Waals surface area contributed by atoms with Gasteiger partial charge in [0.25, 0.3) is 17.7 Å². The molecule has 2 aliphatic rings. The molecule has 4 amide bonds. The third-order valence-electron chi connectivity index (χ3n) is 9.75.